The number of thioether (sulfide) groups is 1. The van der Waals surface area contributed by atoms with Crippen molar-refractivity contribution in [1.29, 1.82) is 0 Å². The Labute approximate surface area is 128 Å². The predicted octanol–water partition coefficient (Wildman–Crippen LogP) is 2.71. The van der Waals surface area contributed by atoms with Crippen molar-refractivity contribution in [3.05, 3.63) is 0 Å². The molecule has 20 heavy (non-hydrogen) atoms. The second-order valence-electron chi connectivity index (χ2n) is 6.56. The van der Waals surface area contributed by atoms with E-state index in [1.807, 2.05) is 7.05 Å². The lowest BCUT2D eigenvalue weighted by Gasteiger charge is -2.36. The normalized spacial score (nSPS) is 31.1. The van der Waals surface area contributed by atoms with E-state index in [9.17, 15) is 8.42 Å². The highest BCUT2D eigenvalue weighted by Crippen LogP contribution is 2.34. The molecule has 1 heterocycles. The van der Waals surface area contributed by atoms with Crippen LogP contribution < -0.4 is 5.32 Å². The van der Waals surface area contributed by atoms with E-state index in [0.29, 0.717) is 12.0 Å². The van der Waals surface area contributed by atoms with E-state index in [1.54, 1.807) is 0 Å². The first-order valence-corrected chi connectivity index (χ1v) is 11.1. The lowest BCUT2D eigenvalue weighted by molar-refractivity contribution is 0.238. The summed E-state index contributed by atoms with van der Waals surface area (Å²) >= 11 is 2.07. The third-order valence-electron chi connectivity index (χ3n) is 5.14. The first-order valence-electron chi connectivity index (χ1n) is 7.94. The minimum Gasteiger partial charge on any atom is -0.317 e. The van der Waals surface area contributed by atoms with Crippen LogP contribution in [0.2, 0.25) is 0 Å². The van der Waals surface area contributed by atoms with Crippen LogP contribution in [0.3, 0.4) is 0 Å². The molecule has 3 nitrogen and oxygen atoms in total. The summed E-state index contributed by atoms with van der Waals surface area (Å²) in [5, 5.41) is 3.39. The molecule has 1 saturated carbocycles. The molecular formula is C15H29NO2S2. The summed E-state index contributed by atoms with van der Waals surface area (Å²) in [5.74, 6) is 3.99. The first kappa shape index (κ1) is 16.6. The summed E-state index contributed by atoms with van der Waals surface area (Å²) in [4.78, 5) is 0. The van der Waals surface area contributed by atoms with Crippen LogP contribution in [0.5, 0.6) is 0 Å². The van der Waals surface area contributed by atoms with Crippen molar-refractivity contribution < 1.29 is 8.42 Å². The van der Waals surface area contributed by atoms with Crippen molar-refractivity contribution >= 4 is 21.6 Å². The Balaban J connectivity index is 1.92. The average Bonchev–Trinajstić information content (AvgIpc) is 2.45. The number of nitrogens with one attached hydrogen (secondary N) is 1. The molecule has 0 aromatic carbocycles. The molecule has 2 fully saturated rings. The number of hydrogen-bond acceptors (Lipinski definition) is 4. The van der Waals surface area contributed by atoms with Crippen LogP contribution in [-0.4, -0.2) is 44.5 Å². The Kier molecular flexibility index (Phi) is 6.24. The van der Waals surface area contributed by atoms with Crippen molar-refractivity contribution in [2.24, 2.45) is 11.8 Å². The van der Waals surface area contributed by atoms with Gasteiger partial charge < -0.3 is 5.32 Å². The molecule has 0 amide bonds. The molecular weight excluding hydrogens is 290 g/mol. The molecule has 0 aromatic heterocycles. The Morgan fingerprint density at radius 2 is 1.90 bits per heavy atom. The van der Waals surface area contributed by atoms with Crippen LogP contribution in [0.1, 0.15) is 44.9 Å². The van der Waals surface area contributed by atoms with Gasteiger partial charge in [-0.05, 0) is 68.9 Å². The van der Waals surface area contributed by atoms with E-state index in [-0.39, 0.29) is 5.25 Å². The highest BCUT2D eigenvalue weighted by molar-refractivity contribution is 7.99. The largest absolute Gasteiger partial charge is 0.317 e. The minimum absolute atomic E-state index is 0.0981. The topological polar surface area (TPSA) is 46.2 Å². The molecule has 1 aliphatic heterocycles. The minimum atomic E-state index is -2.86. The summed E-state index contributed by atoms with van der Waals surface area (Å²) in [6, 6.07) is 0.507. The summed E-state index contributed by atoms with van der Waals surface area (Å²) in [6.45, 7) is 0. The highest BCUT2D eigenvalue weighted by atomic mass is 32.2. The molecule has 0 aromatic rings. The van der Waals surface area contributed by atoms with Gasteiger partial charge in [0.2, 0.25) is 0 Å². The van der Waals surface area contributed by atoms with Crippen molar-refractivity contribution in [2.45, 2.75) is 56.2 Å². The standard InChI is InChI=1S/C15H29NO2S2/c1-16-15(10-12-6-8-19-9-7-12)13-4-3-5-14(11-13)20(2,17)18/h12-16H,3-11H2,1-2H3. The van der Waals surface area contributed by atoms with E-state index in [2.05, 4.69) is 17.1 Å². The predicted molar refractivity (Wildman–Crippen MR) is 88.1 cm³/mol. The maximum atomic E-state index is 11.8. The van der Waals surface area contributed by atoms with Gasteiger partial charge in [-0.15, -0.1) is 0 Å². The molecule has 118 valence electrons. The molecule has 2 aliphatic rings. The molecule has 0 spiro atoms. The zero-order valence-electron chi connectivity index (χ0n) is 12.8. The molecule has 3 atom stereocenters. The van der Waals surface area contributed by atoms with Gasteiger partial charge in [0.05, 0.1) is 5.25 Å². The van der Waals surface area contributed by atoms with Crippen molar-refractivity contribution in [3.63, 3.8) is 0 Å². The summed E-state index contributed by atoms with van der Waals surface area (Å²) < 4.78 is 23.6. The van der Waals surface area contributed by atoms with Crippen LogP contribution in [0.25, 0.3) is 0 Å². The molecule has 1 aliphatic carbocycles. The fraction of sp³-hybridized carbons (Fsp3) is 1.00. The maximum absolute atomic E-state index is 11.8. The van der Waals surface area contributed by atoms with E-state index in [1.165, 1.54) is 43.4 Å². The van der Waals surface area contributed by atoms with E-state index in [0.717, 1.165) is 25.2 Å². The van der Waals surface area contributed by atoms with Gasteiger partial charge in [0.1, 0.15) is 9.84 Å². The van der Waals surface area contributed by atoms with Gasteiger partial charge in [0, 0.05) is 12.3 Å². The van der Waals surface area contributed by atoms with Gasteiger partial charge in [-0.1, -0.05) is 6.42 Å². The van der Waals surface area contributed by atoms with Crippen molar-refractivity contribution in [2.75, 3.05) is 24.8 Å². The SMILES string of the molecule is CNC(CC1CCSCC1)C1CCCC(S(C)(=O)=O)C1. The lowest BCUT2D eigenvalue weighted by Crippen LogP contribution is -2.41. The number of sulfone groups is 1. The fourth-order valence-electron chi connectivity index (χ4n) is 3.82. The van der Waals surface area contributed by atoms with Crippen LogP contribution in [-0.2, 0) is 9.84 Å². The Bertz CT molecular complexity index is 391. The van der Waals surface area contributed by atoms with Gasteiger partial charge in [-0.3, -0.25) is 0 Å². The number of rotatable bonds is 5. The summed E-state index contributed by atoms with van der Waals surface area (Å²) in [5.41, 5.74) is 0. The van der Waals surface area contributed by atoms with Crippen LogP contribution in [0.4, 0.5) is 0 Å². The zero-order valence-corrected chi connectivity index (χ0v) is 14.4. The molecule has 2 rings (SSSR count). The lowest BCUT2D eigenvalue weighted by atomic mass is 9.79. The third-order valence-corrected chi connectivity index (χ3v) is 7.83. The van der Waals surface area contributed by atoms with Crippen LogP contribution >= 0.6 is 11.8 Å². The Hall–Kier alpha value is 0.260. The average molecular weight is 320 g/mol. The molecule has 0 radical (unpaired) electrons. The third kappa shape index (κ3) is 4.63. The second-order valence-corrected chi connectivity index (χ2v) is 10.1. The van der Waals surface area contributed by atoms with Gasteiger partial charge in [-0.25, -0.2) is 8.42 Å². The molecule has 1 saturated heterocycles. The van der Waals surface area contributed by atoms with Gasteiger partial charge in [0.25, 0.3) is 0 Å². The first-order chi connectivity index (χ1) is 9.50. The van der Waals surface area contributed by atoms with Gasteiger partial charge >= 0.3 is 0 Å². The molecule has 1 N–H and O–H groups in total. The Morgan fingerprint density at radius 1 is 1.20 bits per heavy atom. The van der Waals surface area contributed by atoms with Crippen molar-refractivity contribution in [1.82, 2.24) is 5.32 Å². The van der Waals surface area contributed by atoms with Gasteiger partial charge in [0.15, 0.2) is 0 Å². The second kappa shape index (κ2) is 7.50. The molecule has 0 bridgehead atoms. The van der Waals surface area contributed by atoms with Crippen LogP contribution in [0.15, 0.2) is 0 Å². The zero-order chi connectivity index (χ0) is 14.6. The smallest absolute Gasteiger partial charge is 0.150 e. The number of hydrogen-bond donors (Lipinski definition) is 1. The Morgan fingerprint density at radius 3 is 2.50 bits per heavy atom. The van der Waals surface area contributed by atoms with Crippen molar-refractivity contribution in [3.8, 4) is 0 Å². The van der Waals surface area contributed by atoms with E-state index >= 15 is 0 Å². The van der Waals surface area contributed by atoms with E-state index in [4.69, 9.17) is 0 Å². The summed E-state index contributed by atoms with van der Waals surface area (Å²) in [6.07, 6.45) is 9.32. The molecule has 5 heteroatoms. The van der Waals surface area contributed by atoms with Gasteiger partial charge in [-0.2, -0.15) is 11.8 Å². The monoisotopic (exact) mass is 319 g/mol. The highest BCUT2D eigenvalue weighted by Gasteiger charge is 2.33. The van der Waals surface area contributed by atoms with Crippen LogP contribution in [0, 0.1) is 11.8 Å². The summed E-state index contributed by atoms with van der Waals surface area (Å²) in [7, 11) is -0.817. The maximum Gasteiger partial charge on any atom is 0.150 e. The fourth-order valence-corrected chi connectivity index (χ4v) is 6.22. The van der Waals surface area contributed by atoms with E-state index < -0.39 is 9.84 Å². The quantitative estimate of drug-likeness (QED) is 0.846. The molecule has 3 unspecified atom stereocenters.